The molecule has 114 valence electrons. The van der Waals surface area contributed by atoms with E-state index in [1.807, 2.05) is 0 Å². The zero-order valence-corrected chi connectivity index (χ0v) is 12.3. The third kappa shape index (κ3) is 3.09. The molecule has 1 fully saturated rings. The molecule has 1 aliphatic rings. The predicted molar refractivity (Wildman–Crippen MR) is 80.4 cm³/mol. The van der Waals surface area contributed by atoms with Crippen LogP contribution in [-0.2, 0) is 13.1 Å². The highest BCUT2D eigenvalue weighted by Gasteiger charge is 2.30. The number of aryl methyl sites for hydroxylation is 1. The van der Waals surface area contributed by atoms with Gasteiger partial charge in [-0.2, -0.15) is 0 Å². The lowest BCUT2D eigenvalue weighted by Gasteiger charge is -2.17. The summed E-state index contributed by atoms with van der Waals surface area (Å²) in [5.41, 5.74) is 1.68. The van der Waals surface area contributed by atoms with Gasteiger partial charge in [0.05, 0.1) is 17.6 Å². The summed E-state index contributed by atoms with van der Waals surface area (Å²) in [4.78, 5) is 4.55. The number of aliphatic hydroxyl groups excluding tert-OH is 1. The number of halogens is 1. The smallest absolute Gasteiger partial charge is 0.125 e. The first kappa shape index (κ1) is 14.5. The molecular weight excluding hydrogens is 269 g/mol. The summed E-state index contributed by atoms with van der Waals surface area (Å²) >= 11 is 0. The van der Waals surface area contributed by atoms with Crippen LogP contribution in [-0.4, -0.2) is 27.3 Å². The molecule has 1 aliphatic carbocycles. The number of fused-ring (bicyclic) bond motifs is 1. The minimum atomic E-state index is -0.251. The molecule has 1 aromatic carbocycles. The Morgan fingerprint density at radius 2 is 2.29 bits per heavy atom. The van der Waals surface area contributed by atoms with Crippen molar-refractivity contribution in [2.24, 2.45) is 5.92 Å². The van der Waals surface area contributed by atoms with E-state index >= 15 is 0 Å². The van der Waals surface area contributed by atoms with E-state index in [1.165, 1.54) is 25.0 Å². The van der Waals surface area contributed by atoms with Crippen LogP contribution in [0.5, 0.6) is 0 Å². The largest absolute Gasteiger partial charge is 0.396 e. The number of benzene rings is 1. The van der Waals surface area contributed by atoms with Gasteiger partial charge in [0, 0.05) is 25.3 Å². The van der Waals surface area contributed by atoms with Gasteiger partial charge in [-0.15, -0.1) is 0 Å². The second-order valence-corrected chi connectivity index (χ2v) is 5.74. The minimum absolute atomic E-state index is 0.212. The maximum absolute atomic E-state index is 13.3. The molecule has 0 unspecified atom stereocenters. The molecule has 21 heavy (non-hydrogen) atoms. The van der Waals surface area contributed by atoms with Gasteiger partial charge >= 0.3 is 0 Å². The van der Waals surface area contributed by atoms with Gasteiger partial charge in [0.1, 0.15) is 11.6 Å². The van der Waals surface area contributed by atoms with Crippen molar-refractivity contribution in [3.8, 4) is 0 Å². The molecule has 1 heterocycles. The summed E-state index contributed by atoms with van der Waals surface area (Å²) in [6.07, 6.45) is 3.27. The van der Waals surface area contributed by atoms with Gasteiger partial charge in [0.2, 0.25) is 0 Å². The molecule has 2 aromatic rings. The highest BCUT2D eigenvalue weighted by Crippen LogP contribution is 2.34. The molecule has 2 N–H and O–H groups in total. The SMILES string of the molecule is CCn1c(CN[C@H](CCO)C2CC2)nc2cc(F)ccc21. The molecule has 5 heteroatoms. The molecule has 0 saturated heterocycles. The quantitative estimate of drug-likeness (QED) is 0.824. The summed E-state index contributed by atoms with van der Waals surface area (Å²) < 4.78 is 15.4. The van der Waals surface area contributed by atoms with Gasteiger partial charge in [-0.25, -0.2) is 9.37 Å². The van der Waals surface area contributed by atoms with E-state index in [0.29, 0.717) is 24.0 Å². The Labute approximate surface area is 124 Å². The molecule has 3 rings (SSSR count). The highest BCUT2D eigenvalue weighted by atomic mass is 19.1. The Morgan fingerprint density at radius 3 is 2.95 bits per heavy atom. The Hall–Kier alpha value is -1.46. The van der Waals surface area contributed by atoms with Crippen LogP contribution in [0.4, 0.5) is 4.39 Å². The van der Waals surface area contributed by atoms with Crippen LogP contribution >= 0.6 is 0 Å². The van der Waals surface area contributed by atoms with E-state index < -0.39 is 0 Å². The summed E-state index contributed by atoms with van der Waals surface area (Å²) in [5, 5.41) is 12.7. The van der Waals surface area contributed by atoms with Crippen LogP contribution in [0, 0.1) is 11.7 Å². The van der Waals surface area contributed by atoms with Crippen molar-refractivity contribution in [3.63, 3.8) is 0 Å². The second-order valence-electron chi connectivity index (χ2n) is 5.74. The van der Waals surface area contributed by atoms with Crippen LogP contribution in [0.1, 0.15) is 32.0 Å². The molecular formula is C16H22FN3O. The highest BCUT2D eigenvalue weighted by molar-refractivity contribution is 5.76. The lowest BCUT2D eigenvalue weighted by Crippen LogP contribution is -2.32. The Balaban J connectivity index is 1.79. The first-order valence-corrected chi connectivity index (χ1v) is 7.71. The topological polar surface area (TPSA) is 50.1 Å². The van der Waals surface area contributed by atoms with Crippen LogP contribution in [0.25, 0.3) is 11.0 Å². The molecule has 0 radical (unpaired) electrons. The molecule has 4 nitrogen and oxygen atoms in total. The summed E-state index contributed by atoms with van der Waals surface area (Å²) in [6.45, 7) is 3.75. The maximum atomic E-state index is 13.3. The fraction of sp³-hybridized carbons (Fsp3) is 0.562. The molecule has 1 atom stereocenters. The third-order valence-electron chi connectivity index (χ3n) is 4.26. The Kier molecular flexibility index (Phi) is 4.22. The number of hydrogen-bond donors (Lipinski definition) is 2. The minimum Gasteiger partial charge on any atom is -0.396 e. The fourth-order valence-corrected chi connectivity index (χ4v) is 3.01. The Bertz CT molecular complexity index is 621. The van der Waals surface area contributed by atoms with E-state index in [1.54, 1.807) is 6.07 Å². The van der Waals surface area contributed by atoms with E-state index in [0.717, 1.165) is 24.3 Å². The van der Waals surface area contributed by atoms with Crippen LogP contribution < -0.4 is 5.32 Å². The third-order valence-corrected chi connectivity index (χ3v) is 4.26. The lowest BCUT2D eigenvalue weighted by molar-refractivity contribution is 0.255. The van der Waals surface area contributed by atoms with Crippen molar-refractivity contribution < 1.29 is 9.50 Å². The van der Waals surface area contributed by atoms with Crippen molar-refractivity contribution in [1.29, 1.82) is 0 Å². The van der Waals surface area contributed by atoms with E-state index in [2.05, 4.69) is 21.8 Å². The summed E-state index contributed by atoms with van der Waals surface area (Å²) in [6, 6.07) is 5.11. The average molecular weight is 291 g/mol. The van der Waals surface area contributed by atoms with E-state index in [9.17, 15) is 4.39 Å². The number of aromatic nitrogens is 2. The fourth-order valence-electron chi connectivity index (χ4n) is 3.01. The van der Waals surface area contributed by atoms with Crippen molar-refractivity contribution in [2.45, 2.75) is 45.3 Å². The number of aliphatic hydroxyl groups is 1. The van der Waals surface area contributed by atoms with E-state index in [4.69, 9.17) is 5.11 Å². The molecule has 0 amide bonds. The van der Waals surface area contributed by atoms with Gasteiger partial charge in [0.25, 0.3) is 0 Å². The average Bonchev–Trinajstić information content (AvgIpc) is 3.25. The van der Waals surface area contributed by atoms with Crippen molar-refractivity contribution in [2.75, 3.05) is 6.61 Å². The van der Waals surface area contributed by atoms with E-state index in [-0.39, 0.29) is 12.4 Å². The number of nitrogens with zero attached hydrogens (tertiary/aromatic N) is 2. The van der Waals surface area contributed by atoms with Crippen molar-refractivity contribution in [3.05, 3.63) is 29.8 Å². The second kappa shape index (κ2) is 6.12. The molecule has 0 spiro atoms. The first-order valence-electron chi connectivity index (χ1n) is 7.71. The van der Waals surface area contributed by atoms with Crippen LogP contribution in [0.15, 0.2) is 18.2 Å². The van der Waals surface area contributed by atoms with Crippen molar-refractivity contribution >= 4 is 11.0 Å². The maximum Gasteiger partial charge on any atom is 0.125 e. The van der Waals surface area contributed by atoms with Gasteiger partial charge in [-0.05, 0) is 44.2 Å². The first-order chi connectivity index (χ1) is 10.2. The standard InChI is InChI=1S/C16H22FN3O/c1-2-20-15-6-5-12(17)9-14(15)19-16(20)10-18-13(7-8-21)11-3-4-11/h5-6,9,11,13,18,21H,2-4,7-8,10H2,1H3/t13-/m1/s1. The number of hydrogen-bond acceptors (Lipinski definition) is 3. The number of rotatable bonds is 7. The van der Waals surface area contributed by atoms with Crippen molar-refractivity contribution in [1.82, 2.24) is 14.9 Å². The molecule has 0 bridgehead atoms. The van der Waals surface area contributed by atoms with Crippen LogP contribution in [0.3, 0.4) is 0 Å². The zero-order valence-electron chi connectivity index (χ0n) is 12.3. The Morgan fingerprint density at radius 1 is 1.48 bits per heavy atom. The number of nitrogens with one attached hydrogen (secondary N) is 1. The predicted octanol–water partition coefficient (Wildman–Crippen LogP) is 2.45. The number of imidazole rings is 1. The normalized spacial score (nSPS) is 16.5. The summed E-state index contributed by atoms with van der Waals surface area (Å²) in [7, 11) is 0. The van der Waals surface area contributed by atoms with Gasteiger partial charge in [0.15, 0.2) is 0 Å². The van der Waals surface area contributed by atoms with Gasteiger partial charge < -0.3 is 15.0 Å². The van der Waals surface area contributed by atoms with Gasteiger partial charge in [-0.3, -0.25) is 0 Å². The molecule has 1 aromatic heterocycles. The van der Waals surface area contributed by atoms with Gasteiger partial charge in [-0.1, -0.05) is 0 Å². The monoisotopic (exact) mass is 291 g/mol. The molecule has 0 aliphatic heterocycles. The van der Waals surface area contributed by atoms with Crippen LogP contribution in [0.2, 0.25) is 0 Å². The zero-order chi connectivity index (χ0) is 14.8. The molecule has 1 saturated carbocycles. The summed E-state index contributed by atoms with van der Waals surface area (Å²) in [5.74, 6) is 1.37. The lowest BCUT2D eigenvalue weighted by atomic mass is 10.1.